The maximum absolute atomic E-state index is 12.6. The fraction of sp³-hybridized carbons (Fsp3) is 0.710. The third-order valence-corrected chi connectivity index (χ3v) is 7.42. The van der Waals surface area contributed by atoms with Crippen LogP contribution in [-0.4, -0.2) is 80.3 Å². The first-order chi connectivity index (χ1) is 20.1. The van der Waals surface area contributed by atoms with Gasteiger partial charge in [-0.05, 0) is 66.8 Å². The highest BCUT2D eigenvalue weighted by molar-refractivity contribution is 6.45. The maximum Gasteiger partial charge on any atom is 0.457 e. The summed E-state index contributed by atoms with van der Waals surface area (Å²) in [5.74, 6) is -0.774. The van der Waals surface area contributed by atoms with Crippen LogP contribution in [0.2, 0.25) is 6.32 Å². The van der Waals surface area contributed by atoms with Gasteiger partial charge in [0.25, 0.3) is 0 Å². The number of carbonyl (C=O) groups excluding carboxylic acids is 3. The first-order valence-electron chi connectivity index (χ1n) is 15.1. The van der Waals surface area contributed by atoms with Crippen molar-refractivity contribution in [2.45, 2.75) is 123 Å². The lowest BCUT2D eigenvalue weighted by molar-refractivity contribution is -0.147. The zero-order valence-electron chi connectivity index (χ0n) is 27.4. The number of rotatable bonds is 11. The Bertz CT molecular complexity index is 1020. The van der Waals surface area contributed by atoms with E-state index in [0.29, 0.717) is 13.0 Å². The second-order valence-electron chi connectivity index (χ2n) is 13.0. The zero-order chi connectivity index (χ0) is 32.3. The Hall–Kier alpha value is -2.67. The van der Waals surface area contributed by atoms with Crippen molar-refractivity contribution < 1.29 is 37.9 Å². The number of amides is 2. The van der Waals surface area contributed by atoms with Crippen molar-refractivity contribution in [2.75, 3.05) is 20.3 Å². The molecule has 2 aliphatic heterocycles. The summed E-state index contributed by atoms with van der Waals surface area (Å²) in [4.78, 5) is 36.8. The van der Waals surface area contributed by atoms with Crippen molar-refractivity contribution in [1.82, 2.24) is 16.0 Å². The van der Waals surface area contributed by atoms with Crippen LogP contribution < -0.4 is 16.0 Å². The molecule has 2 fully saturated rings. The second-order valence-corrected chi connectivity index (χ2v) is 13.0. The molecule has 43 heavy (non-hydrogen) atoms. The van der Waals surface area contributed by atoms with Crippen molar-refractivity contribution in [2.24, 2.45) is 0 Å². The van der Waals surface area contributed by atoms with Crippen molar-refractivity contribution in [3.8, 4) is 0 Å². The number of benzene rings is 1. The van der Waals surface area contributed by atoms with Gasteiger partial charge in [-0.15, -0.1) is 0 Å². The van der Waals surface area contributed by atoms with E-state index in [2.05, 4.69) is 50.6 Å². The quantitative estimate of drug-likeness (QED) is 0.253. The average molecular weight is 606 g/mol. The number of esters is 1. The monoisotopic (exact) mass is 605 g/mol. The minimum atomic E-state index is -0.908. The molecule has 2 amide bonds. The van der Waals surface area contributed by atoms with E-state index in [0.717, 1.165) is 11.9 Å². The molecule has 3 rings (SSSR count). The molecule has 0 bridgehead atoms. The maximum atomic E-state index is 12.6. The van der Waals surface area contributed by atoms with Gasteiger partial charge in [0.15, 0.2) is 0 Å². The average Bonchev–Trinajstić information content (AvgIpc) is 3.46. The normalized spacial score (nSPS) is 21.3. The highest BCUT2D eigenvalue weighted by Gasteiger charge is 2.50. The van der Waals surface area contributed by atoms with Gasteiger partial charge in [0, 0.05) is 19.7 Å². The molecule has 11 nitrogen and oxygen atoms in total. The van der Waals surface area contributed by atoms with Gasteiger partial charge >= 0.3 is 19.2 Å². The first-order valence-corrected chi connectivity index (χ1v) is 15.1. The van der Waals surface area contributed by atoms with Crippen LogP contribution >= 0.6 is 0 Å². The third kappa shape index (κ3) is 12.5. The summed E-state index contributed by atoms with van der Waals surface area (Å²) >= 11 is 0. The van der Waals surface area contributed by atoms with Crippen LogP contribution in [0.3, 0.4) is 0 Å². The van der Waals surface area contributed by atoms with Crippen LogP contribution in [0.4, 0.5) is 4.79 Å². The van der Waals surface area contributed by atoms with Crippen LogP contribution in [0.15, 0.2) is 30.3 Å². The molecule has 2 saturated heterocycles. The second kappa shape index (κ2) is 16.4. The molecule has 0 aromatic heterocycles. The van der Waals surface area contributed by atoms with E-state index < -0.39 is 29.7 Å². The highest BCUT2D eigenvalue weighted by atomic mass is 16.7. The Morgan fingerprint density at radius 1 is 1.09 bits per heavy atom. The van der Waals surface area contributed by atoms with Crippen LogP contribution in [0.5, 0.6) is 0 Å². The summed E-state index contributed by atoms with van der Waals surface area (Å²) in [6, 6.07) is 7.73. The summed E-state index contributed by atoms with van der Waals surface area (Å²) in [6.07, 6.45) is 3.09. The number of unbranched alkanes of at least 4 members (excludes halogenated alkanes) is 1. The minimum absolute atomic E-state index is 0.00458. The Kier molecular flexibility index (Phi) is 13.9. The lowest BCUT2D eigenvalue weighted by Gasteiger charge is -2.32. The topological polar surface area (TPSA) is 133 Å². The molecule has 0 radical (unpaired) electrons. The van der Waals surface area contributed by atoms with E-state index in [1.807, 2.05) is 30.3 Å². The fourth-order valence-corrected chi connectivity index (χ4v) is 4.41. The van der Waals surface area contributed by atoms with Crippen LogP contribution in [0.1, 0.15) is 80.2 Å². The largest absolute Gasteiger partial charge is 0.460 e. The molecule has 3 N–H and O–H groups in total. The first kappa shape index (κ1) is 36.5. The summed E-state index contributed by atoms with van der Waals surface area (Å²) < 4.78 is 27.3. The van der Waals surface area contributed by atoms with E-state index in [4.69, 9.17) is 23.5 Å². The number of methoxy groups -OCH3 is 1. The molecule has 12 heteroatoms. The molecule has 1 aromatic rings. The van der Waals surface area contributed by atoms with Crippen molar-refractivity contribution in [3.63, 3.8) is 0 Å². The Morgan fingerprint density at radius 3 is 2.28 bits per heavy atom. The lowest BCUT2D eigenvalue weighted by atomic mass is 9.82. The SMILES string of the molecule is CCCCB1OC(C)(C)C(C)(C)O1.COCC(NC(=O)OC(C)(C)C)C(=O)NC1CNC(C(=O)OCc2ccccc2)C1. The molecule has 3 unspecified atom stereocenters. The standard InChI is InChI=1S/C21H31N3O6.C10H21BO2/c1-21(2,3)30-20(27)24-17(13-28-4)18(25)23-15-10-16(22-11-15)19(26)29-12-14-8-6-5-7-9-14;1-6-7-8-11-12-9(2,3)10(4,5)13-11/h5-9,15-17,22H,10-13H2,1-4H3,(H,23,25)(H,24,27);6-8H2,1-5H3. The predicted molar refractivity (Wildman–Crippen MR) is 165 cm³/mol. The molecule has 242 valence electrons. The van der Waals surface area contributed by atoms with E-state index in [1.54, 1.807) is 20.8 Å². The van der Waals surface area contributed by atoms with Gasteiger partial charge < -0.3 is 39.5 Å². The van der Waals surface area contributed by atoms with Gasteiger partial charge in [-0.2, -0.15) is 0 Å². The number of ether oxygens (including phenoxy) is 3. The number of hydrogen-bond acceptors (Lipinski definition) is 9. The van der Waals surface area contributed by atoms with Gasteiger partial charge in [0.1, 0.15) is 24.3 Å². The van der Waals surface area contributed by atoms with Gasteiger partial charge in [0.05, 0.1) is 17.8 Å². The van der Waals surface area contributed by atoms with Gasteiger partial charge in [0.2, 0.25) is 5.91 Å². The summed E-state index contributed by atoms with van der Waals surface area (Å²) in [7, 11) is 1.44. The number of carbonyl (C=O) groups is 3. The molecule has 2 heterocycles. The van der Waals surface area contributed by atoms with Gasteiger partial charge in [-0.1, -0.05) is 50.1 Å². The predicted octanol–water partition coefficient (Wildman–Crippen LogP) is 3.99. The Labute approximate surface area is 257 Å². The van der Waals surface area contributed by atoms with Gasteiger partial charge in [-0.25, -0.2) is 4.79 Å². The number of alkyl carbamates (subject to hydrolysis) is 1. The minimum Gasteiger partial charge on any atom is -0.460 e. The van der Waals surface area contributed by atoms with E-state index >= 15 is 0 Å². The van der Waals surface area contributed by atoms with Crippen LogP contribution in [0, 0.1) is 0 Å². The van der Waals surface area contributed by atoms with Crippen molar-refractivity contribution in [3.05, 3.63) is 35.9 Å². The summed E-state index contributed by atoms with van der Waals surface area (Å²) in [6.45, 7) is 16.4. The Morgan fingerprint density at radius 2 is 1.72 bits per heavy atom. The molecule has 3 atom stereocenters. The van der Waals surface area contributed by atoms with E-state index in [9.17, 15) is 14.4 Å². The van der Waals surface area contributed by atoms with Crippen molar-refractivity contribution >= 4 is 25.1 Å². The number of hydrogen-bond donors (Lipinski definition) is 3. The molecular weight excluding hydrogens is 553 g/mol. The number of nitrogens with one attached hydrogen (secondary N) is 3. The van der Waals surface area contributed by atoms with E-state index in [1.165, 1.54) is 20.0 Å². The Balaban J connectivity index is 0.000000413. The fourth-order valence-electron chi connectivity index (χ4n) is 4.41. The van der Waals surface area contributed by atoms with Crippen molar-refractivity contribution in [1.29, 1.82) is 0 Å². The molecule has 2 aliphatic rings. The zero-order valence-corrected chi connectivity index (χ0v) is 27.4. The lowest BCUT2D eigenvalue weighted by Crippen LogP contribution is -2.53. The molecular formula is C31H52BN3O8. The van der Waals surface area contributed by atoms with E-state index in [-0.39, 0.29) is 43.5 Å². The summed E-state index contributed by atoms with van der Waals surface area (Å²) in [5.41, 5.74) is -0.0955. The highest BCUT2D eigenvalue weighted by Crippen LogP contribution is 2.38. The third-order valence-electron chi connectivity index (χ3n) is 7.42. The van der Waals surface area contributed by atoms with Crippen LogP contribution in [-0.2, 0) is 39.7 Å². The van der Waals surface area contributed by atoms with Crippen LogP contribution in [0.25, 0.3) is 0 Å². The molecule has 0 saturated carbocycles. The molecule has 0 aliphatic carbocycles. The smallest absolute Gasteiger partial charge is 0.457 e. The molecule has 0 spiro atoms. The summed E-state index contributed by atoms with van der Waals surface area (Å²) in [5, 5.41) is 8.40. The molecule has 1 aromatic carbocycles. The van der Waals surface area contributed by atoms with Gasteiger partial charge in [-0.3, -0.25) is 9.59 Å².